The minimum atomic E-state index is -0.866. The van der Waals surface area contributed by atoms with Gasteiger partial charge in [0.2, 0.25) is 0 Å². The van der Waals surface area contributed by atoms with E-state index in [0.717, 1.165) is 31.8 Å². The standard InChI is InChI=1S/C12H23NO2/c1-10(2)8-13-9-12(3,14)11-6-4-5-7-15-11/h6,10,13-14H,4-5,7-9H2,1-3H3. The van der Waals surface area contributed by atoms with Crippen LogP contribution in [0.15, 0.2) is 11.8 Å². The van der Waals surface area contributed by atoms with E-state index in [2.05, 4.69) is 19.2 Å². The van der Waals surface area contributed by atoms with Crippen molar-refractivity contribution >= 4 is 0 Å². The number of hydrogen-bond acceptors (Lipinski definition) is 3. The van der Waals surface area contributed by atoms with Crippen molar-refractivity contribution in [2.75, 3.05) is 19.7 Å². The van der Waals surface area contributed by atoms with E-state index in [-0.39, 0.29) is 0 Å². The van der Waals surface area contributed by atoms with E-state index >= 15 is 0 Å². The highest BCUT2D eigenvalue weighted by Gasteiger charge is 2.28. The Labute approximate surface area is 92.5 Å². The predicted octanol–water partition coefficient (Wildman–Crippen LogP) is 1.68. The number of allylic oxidation sites excluding steroid dienone is 1. The molecule has 1 aliphatic heterocycles. The van der Waals surface area contributed by atoms with Crippen LogP contribution < -0.4 is 5.32 Å². The van der Waals surface area contributed by atoms with Gasteiger partial charge >= 0.3 is 0 Å². The van der Waals surface area contributed by atoms with E-state index < -0.39 is 5.60 Å². The SMILES string of the molecule is CC(C)CNCC(C)(O)C1=CCCCO1. The lowest BCUT2D eigenvalue weighted by Gasteiger charge is -2.29. The van der Waals surface area contributed by atoms with Gasteiger partial charge in [0.1, 0.15) is 11.4 Å². The van der Waals surface area contributed by atoms with Crippen molar-refractivity contribution < 1.29 is 9.84 Å². The molecule has 0 saturated heterocycles. The molecule has 0 amide bonds. The summed E-state index contributed by atoms with van der Waals surface area (Å²) in [7, 11) is 0. The second-order valence-electron chi connectivity index (χ2n) is 4.86. The molecule has 0 aromatic rings. The van der Waals surface area contributed by atoms with Gasteiger partial charge < -0.3 is 15.2 Å². The first-order chi connectivity index (χ1) is 7.02. The van der Waals surface area contributed by atoms with Gasteiger partial charge in [0.15, 0.2) is 0 Å². The molecule has 0 aromatic heterocycles. The summed E-state index contributed by atoms with van der Waals surface area (Å²) in [5, 5.41) is 13.4. The lowest BCUT2D eigenvalue weighted by Crippen LogP contribution is -2.42. The van der Waals surface area contributed by atoms with Crippen molar-refractivity contribution in [3.8, 4) is 0 Å². The molecule has 1 rings (SSSR count). The molecule has 0 fully saturated rings. The molecule has 1 aliphatic rings. The van der Waals surface area contributed by atoms with Crippen molar-refractivity contribution in [2.45, 2.75) is 39.2 Å². The maximum atomic E-state index is 10.2. The number of nitrogens with one attached hydrogen (secondary N) is 1. The summed E-state index contributed by atoms with van der Waals surface area (Å²) in [5.74, 6) is 1.33. The molecule has 0 radical (unpaired) electrons. The first-order valence-corrected chi connectivity index (χ1v) is 5.79. The molecule has 1 unspecified atom stereocenters. The summed E-state index contributed by atoms with van der Waals surface area (Å²) in [6, 6.07) is 0. The fourth-order valence-electron chi connectivity index (χ4n) is 1.62. The highest BCUT2D eigenvalue weighted by Crippen LogP contribution is 2.21. The molecular weight excluding hydrogens is 190 g/mol. The molecular formula is C12H23NO2. The fraction of sp³-hybridized carbons (Fsp3) is 0.833. The van der Waals surface area contributed by atoms with Crippen molar-refractivity contribution in [3.63, 3.8) is 0 Å². The molecule has 88 valence electrons. The summed E-state index contributed by atoms with van der Waals surface area (Å²) < 4.78 is 5.47. The highest BCUT2D eigenvalue weighted by atomic mass is 16.5. The third kappa shape index (κ3) is 4.22. The van der Waals surface area contributed by atoms with E-state index in [4.69, 9.17) is 4.74 Å². The van der Waals surface area contributed by atoms with Crippen LogP contribution in [-0.4, -0.2) is 30.4 Å². The number of hydrogen-bond donors (Lipinski definition) is 2. The van der Waals surface area contributed by atoms with E-state index in [1.165, 1.54) is 0 Å². The molecule has 1 heterocycles. The zero-order chi connectivity index (χ0) is 11.3. The van der Waals surface area contributed by atoms with Gasteiger partial charge in [-0.1, -0.05) is 13.8 Å². The number of rotatable bonds is 5. The maximum absolute atomic E-state index is 10.2. The van der Waals surface area contributed by atoms with Gasteiger partial charge in [-0.2, -0.15) is 0 Å². The molecule has 15 heavy (non-hydrogen) atoms. The summed E-state index contributed by atoms with van der Waals surface area (Å²) in [6.45, 7) is 8.31. The van der Waals surface area contributed by atoms with Crippen molar-refractivity contribution in [1.82, 2.24) is 5.32 Å². The molecule has 0 aromatic carbocycles. The van der Waals surface area contributed by atoms with Crippen LogP contribution in [-0.2, 0) is 4.74 Å². The smallest absolute Gasteiger partial charge is 0.131 e. The highest BCUT2D eigenvalue weighted by molar-refractivity contribution is 5.10. The second-order valence-corrected chi connectivity index (χ2v) is 4.86. The Bertz CT molecular complexity index is 222. The Morgan fingerprint density at radius 1 is 1.60 bits per heavy atom. The van der Waals surface area contributed by atoms with E-state index in [1.54, 1.807) is 6.92 Å². The van der Waals surface area contributed by atoms with Crippen LogP contribution in [0, 0.1) is 5.92 Å². The third-order valence-electron chi connectivity index (χ3n) is 2.49. The van der Waals surface area contributed by atoms with Crippen molar-refractivity contribution in [3.05, 3.63) is 11.8 Å². The van der Waals surface area contributed by atoms with Gasteiger partial charge in [0, 0.05) is 6.54 Å². The fourth-order valence-corrected chi connectivity index (χ4v) is 1.62. The van der Waals surface area contributed by atoms with Gasteiger partial charge in [-0.3, -0.25) is 0 Å². The average molecular weight is 213 g/mol. The summed E-state index contributed by atoms with van der Waals surface area (Å²) in [4.78, 5) is 0. The Hall–Kier alpha value is -0.540. The molecule has 0 saturated carbocycles. The van der Waals surface area contributed by atoms with Gasteiger partial charge in [0.05, 0.1) is 6.61 Å². The molecule has 3 nitrogen and oxygen atoms in total. The van der Waals surface area contributed by atoms with Crippen LogP contribution >= 0.6 is 0 Å². The molecule has 2 N–H and O–H groups in total. The number of aliphatic hydroxyl groups is 1. The lowest BCUT2D eigenvalue weighted by molar-refractivity contribution is 0.0183. The second kappa shape index (κ2) is 5.52. The predicted molar refractivity (Wildman–Crippen MR) is 61.6 cm³/mol. The maximum Gasteiger partial charge on any atom is 0.131 e. The quantitative estimate of drug-likeness (QED) is 0.730. The van der Waals surface area contributed by atoms with Crippen LogP contribution in [0.5, 0.6) is 0 Å². The largest absolute Gasteiger partial charge is 0.495 e. The van der Waals surface area contributed by atoms with Crippen LogP contribution in [0.25, 0.3) is 0 Å². The van der Waals surface area contributed by atoms with Crippen LogP contribution in [0.4, 0.5) is 0 Å². The number of ether oxygens (including phenoxy) is 1. The Morgan fingerprint density at radius 2 is 2.33 bits per heavy atom. The van der Waals surface area contributed by atoms with Crippen molar-refractivity contribution in [1.29, 1.82) is 0 Å². The van der Waals surface area contributed by atoms with Gasteiger partial charge in [-0.15, -0.1) is 0 Å². The zero-order valence-corrected chi connectivity index (χ0v) is 10.0. The van der Waals surface area contributed by atoms with Gasteiger partial charge in [0.25, 0.3) is 0 Å². The molecule has 0 bridgehead atoms. The van der Waals surface area contributed by atoms with Crippen LogP contribution in [0.1, 0.15) is 33.6 Å². The minimum Gasteiger partial charge on any atom is -0.495 e. The van der Waals surface area contributed by atoms with E-state index in [9.17, 15) is 5.11 Å². The Kier molecular flexibility index (Phi) is 4.61. The first-order valence-electron chi connectivity index (χ1n) is 5.79. The lowest BCUT2D eigenvalue weighted by atomic mass is 10.0. The first kappa shape index (κ1) is 12.5. The molecule has 1 atom stereocenters. The normalized spacial score (nSPS) is 20.7. The summed E-state index contributed by atoms with van der Waals surface area (Å²) in [6.07, 6.45) is 4.06. The topological polar surface area (TPSA) is 41.5 Å². The van der Waals surface area contributed by atoms with E-state index in [0.29, 0.717) is 12.5 Å². The minimum absolute atomic E-state index is 0.553. The van der Waals surface area contributed by atoms with Crippen molar-refractivity contribution in [2.24, 2.45) is 5.92 Å². The summed E-state index contributed by atoms with van der Waals surface area (Å²) in [5.41, 5.74) is -0.866. The molecule has 0 aliphatic carbocycles. The van der Waals surface area contributed by atoms with Crippen LogP contribution in [0.3, 0.4) is 0 Å². The Balaban J connectivity index is 2.39. The van der Waals surface area contributed by atoms with Gasteiger partial charge in [-0.25, -0.2) is 0 Å². The van der Waals surface area contributed by atoms with E-state index in [1.807, 2.05) is 6.08 Å². The third-order valence-corrected chi connectivity index (χ3v) is 2.49. The monoisotopic (exact) mass is 213 g/mol. The zero-order valence-electron chi connectivity index (χ0n) is 10.0. The summed E-state index contributed by atoms with van der Waals surface area (Å²) >= 11 is 0. The Morgan fingerprint density at radius 3 is 2.87 bits per heavy atom. The van der Waals surface area contributed by atoms with Crippen LogP contribution in [0.2, 0.25) is 0 Å². The van der Waals surface area contributed by atoms with Gasteiger partial charge in [-0.05, 0) is 38.3 Å². The average Bonchev–Trinajstić information content (AvgIpc) is 2.18. The molecule has 3 heteroatoms. The molecule has 0 spiro atoms.